The van der Waals surface area contributed by atoms with Crippen LogP contribution < -0.4 is 9.64 Å². The Bertz CT molecular complexity index is 2620. The lowest BCUT2D eigenvalue weighted by molar-refractivity contribution is -0.144. The van der Waals surface area contributed by atoms with Crippen LogP contribution >= 0.6 is 22.9 Å². The van der Waals surface area contributed by atoms with E-state index in [0.717, 1.165) is 51.3 Å². The van der Waals surface area contributed by atoms with Gasteiger partial charge in [0, 0.05) is 54.4 Å². The first-order valence-corrected chi connectivity index (χ1v) is 22.5. The number of hydrogen-bond donors (Lipinski definition) is 1. The number of thiophene rings is 1. The summed E-state index contributed by atoms with van der Waals surface area (Å²) in [4.78, 5) is 65.7. The van der Waals surface area contributed by atoms with Crippen LogP contribution in [0.2, 0.25) is 5.02 Å². The van der Waals surface area contributed by atoms with E-state index < -0.39 is 35.0 Å². The van der Waals surface area contributed by atoms with Crippen LogP contribution in [0.4, 0.5) is 5.82 Å². The third-order valence-corrected chi connectivity index (χ3v) is 15.8. The Morgan fingerprint density at radius 3 is 2.43 bits per heavy atom. The molecule has 0 radical (unpaired) electrons. The van der Waals surface area contributed by atoms with Crippen molar-refractivity contribution in [3.63, 3.8) is 0 Å². The zero-order chi connectivity index (χ0) is 42.3. The van der Waals surface area contributed by atoms with Crippen LogP contribution in [0, 0.1) is 36.0 Å². The van der Waals surface area contributed by atoms with Crippen LogP contribution in [-0.2, 0) is 32.8 Å². The highest BCUT2D eigenvalue weighted by molar-refractivity contribution is 7.22. The molecule has 314 valence electrons. The van der Waals surface area contributed by atoms with E-state index in [2.05, 4.69) is 23.1 Å². The fourth-order valence-corrected chi connectivity index (χ4v) is 12.6. The molecule has 61 heavy (non-hydrogen) atoms. The molecule has 4 fully saturated rings. The highest BCUT2D eigenvalue weighted by atomic mass is 35.5. The molecule has 2 aliphatic carbocycles. The van der Waals surface area contributed by atoms with Gasteiger partial charge in [-0.05, 0) is 97.9 Å². The molecule has 11 nitrogen and oxygen atoms in total. The van der Waals surface area contributed by atoms with Gasteiger partial charge in [-0.2, -0.15) is 5.10 Å². The van der Waals surface area contributed by atoms with E-state index in [4.69, 9.17) is 21.4 Å². The Labute approximate surface area is 363 Å². The lowest BCUT2D eigenvalue weighted by Crippen LogP contribution is -2.49. The van der Waals surface area contributed by atoms with Crippen molar-refractivity contribution in [2.45, 2.75) is 58.0 Å². The van der Waals surface area contributed by atoms with Gasteiger partial charge in [-0.3, -0.25) is 33.7 Å². The summed E-state index contributed by atoms with van der Waals surface area (Å²) in [6, 6.07) is 25.3. The summed E-state index contributed by atoms with van der Waals surface area (Å²) >= 11 is 7.94. The minimum atomic E-state index is -1.20. The number of aliphatic hydroxyl groups excluding tert-OH is 1. The molecular formula is C48H48ClN5O6S. The number of halogens is 1. The first kappa shape index (κ1) is 40.0. The summed E-state index contributed by atoms with van der Waals surface area (Å²) < 4.78 is 8.37. The first-order chi connectivity index (χ1) is 29.5. The van der Waals surface area contributed by atoms with E-state index in [-0.39, 0.29) is 49.3 Å². The van der Waals surface area contributed by atoms with Crippen molar-refractivity contribution in [1.82, 2.24) is 19.6 Å². The maximum absolute atomic E-state index is 15.3. The number of aliphatic hydroxyl groups is 1. The van der Waals surface area contributed by atoms with Crippen LogP contribution in [0.3, 0.4) is 0 Å². The number of amides is 4. The minimum Gasteiger partial charge on any atom is -0.491 e. The molecule has 1 saturated carbocycles. The number of rotatable bonds is 9. The Morgan fingerprint density at radius 2 is 1.69 bits per heavy atom. The van der Waals surface area contributed by atoms with Gasteiger partial charge in [-0.1, -0.05) is 65.7 Å². The Kier molecular flexibility index (Phi) is 10.0. The van der Waals surface area contributed by atoms with Crippen LogP contribution in [0.5, 0.6) is 5.75 Å². The van der Waals surface area contributed by atoms with Crippen molar-refractivity contribution >= 4 is 62.5 Å². The highest BCUT2D eigenvalue weighted by Gasteiger charge is 2.68. The smallest absolute Gasteiger partial charge is 0.242 e. The molecule has 5 aromatic rings. The number of carbonyl (C=O) groups is 4. The van der Waals surface area contributed by atoms with Crippen LogP contribution in [0.15, 0.2) is 90.5 Å². The lowest BCUT2D eigenvalue weighted by atomic mass is 9.51. The molecule has 5 heterocycles. The number of carbonyl (C=O) groups excluding carboxylic acids is 4. The third-order valence-electron chi connectivity index (χ3n) is 14.3. The normalized spacial score (nSPS) is 26.8. The number of hydrogen-bond acceptors (Lipinski definition) is 9. The maximum atomic E-state index is 15.3. The van der Waals surface area contributed by atoms with Gasteiger partial charge in [-0.25, -0.2) is 4.90 Å². The Balaban J connectivity index is 0.987. The van der Waals surface area contributed by atoms with Crippen molar-refractivity contribution in [1.29, 1.82) is 0 Å². The topological polar surface area (TPSA) is 125 Å². The van der Waals surface area contributed by atoms with Gasteiger partial charge in [0.15, 0.2) is 0 Å². The number of ether oxygens (including phenoxy) is 1. The average Bonchev–Trinajstić information content (AvgIpc) is 3.94. The average molecular weight is 858 g/mol. The summed E-state index contributed by atoms with van der Waals surface area (Å²) in [7, 11) is 1.75. The molecule has 0 bridgehead atoms. The molecule has 5 aliphatic rings. The van der Waals surface area contributed by atoms with Gasteiger partial charge in [0.2, 0.25) is 23.6 Å². The van der Waals surface area contributed by atoms with Crippen LogP contribution in [0.25, 0.3) is 20.7 Å². The summed E-state index contributed by atoms with van der Waals surface area (Å²) in [5.41, 5.74) is 3.48. The van der Waals surface area contributed by atoms with Crippen molar-refractivity contribution < 1.29 is 29.0 Å². The number of anilines is 1. The number of aromatic nitrogens is 2. The van der Waals surface area contributed by atoms with Gasteiger partial charge in [0.05, 0.1) is 34.7 Å². The van der Waals surface area contributed by atoms with E-state index in [1.807, 2.05) is 80.6 Å². The van der Waals surface area contributed by atoms with Crippen molar-refractivity contribution in [3.05, 3.63) is 112 Å². The van der Waals surface area contributed by atoms with Crippen LogP contribution in [0.1, 0.15) is 55.2 Å². The molecular weight excluding hydrogens is 810 g/mol. The molecule has 3 aliphatic heterocycles. The fraction of sp³-hybridized carbons (Fsp3) is 0.396. The quantitative estimate of drug-likeness (QED) is 0.119. The Morgan fingerprint density at radius 1 is 0.934 bits per heavy atom. The molecule has 4 amide bonds. The molecule has 1 N–H and O–H groups in total. The van der Waals surface area contributed by atoms with Gasteiger partial charge >= 0.3 is 0 Å². The zero-order valence-corrected chi connectivity index (χ0v) is 36.0. The van der Waals surface area contributed by atoms with E-state index in [9.17, 15) is 14.7 Å². The number of likely N-dealkylation sites (tertiary alicyclic amines) is 2. The molecule has 6 atom stereocenters. The standard InChI is InChI=1S/C48H48ClN5O6S/c1-27-35-23-30(49)11-16-39(35)61-43(27)38-25-40(51(3)50-38)54-45(57)37-24-36-33(42(48(37,2)47(54)59)29-9-12-32(13-10-29)60-22-21-55)14-15-34-41(36)46(58)53(44(34)56)31-17-19-52(20-18-31)26-28-7-5-4-6-8-28/h4-14,16,23,25,31,34,36-37,41-42,55H,15,17-22,24,26H2,1-3H3/t34-,36+,37-,41-,42-,48+/m0/s1. The Hall–Kier alpha value is -5.14. The highest BCUT2D eigenvalue weighted by Crippen LogP contribution is 2.64. The summed E-state index contributed by atoms with van der Waals surface area (Å²) in [5, 5.41) is 15.9. The summed E-state index contributed by atoms with van der Waals surface area (Å²) in [6.45, 7) is 6.35. The summed E-state index contributed by atoms with van der Waals surface area (Å²) in [5.74, 6) is -2.78. The molecule has 2 aromatic heterocycles. The van der Waals surface area contributed by atoms with Crippen molar-refractivity contribution in [3.8, 4) is 16.3 Å². The zero-order valence-electron chi connectivity index (χ0n) is 34.4. The number of imide groups is 2. The van der Waals surface area contributed by atoms with Gasteiger partial charge in [-0.15, -0.1) is 11.3 Å². The van der Waals surface area contributed by atoms with E-state index >= 15 is 9.59 Å². The largest absolute Gasteiger partial charge is 0.491 e. The minimum absolute atomic E-state index is 0.112. The van der Waals surface area contributed by atoms with E-state index in [1.165, 1.54) is 10.5 Å². The molecule has 3 aromatic carbocycles. The molecule has 0 spiro atoms. The number of nitrogens with zero attached hydrogens (tertiary/aromatic N) is 5. The molecule has 0 unspecified atom stereocenters. The van der Waals surface area contributed by atoms with Gasteiger partial charge < -0.3 is 9.84 Å². The van der Waals surface area contributed by atoms with Gasteiger partial charge in [0.1, 0.15) is 23.9 Å². The second kappa shape index (κ2) is 15.3. The van der Waals surface area contributed by atoms with Gasteiger partial charge in [0.25, 0.3) is 0 Å². The van der Waals surface area contributed by atoms with E-state index in [0.29, 0.717) is 41.5 Å². The van der Waals surface area contributed by atoms with Crippen LogP contribution in [-0.4, -0.2) is 80.7 Å². The number of fused-ring (bicyclic) bond motifs is 5. The van der Waals surface area contributed by atoms with E-state index in [1.54, 1.807) is 28.0 Å². The third kappa shape index (κ3) is 6.39. The summed E-state index contributed by atoms with van der Waals surface area (Å²) in [6.07, 6.45) is 4.21. The second-order valence-corrected chi connectivity index (χ2v) is 19.0. The lowest BCUT2D eigenvalue weighted by Gasteiger charge is -2.49. The number of allylic oxidation sites excluding steroid dienone is 2. The molecule has 3 saturated heterocycles. The monoisotopic (exact) mass is 857 g/mol. The predicted molar refractivity (Wildman–Crippen MR) is 234 cm³/mol. The fourth-order valence-electron chi connectivity index (χ4n) is 11.3. The molecule has 13 heteroatoms. The number of piperidine rings is 1. The second-order valence-electron chi connectivity index (χ2n) is 17.5. The maximum Gasteiger partial charge on any atom is 0.242 e. The number of aryl methyl sites for hydroxylation is 2. The first-order valence-electron chi connectivity index (χ1n) is 21.3. The number of benzene rings is 3. The predicted octanol–water partition coefficient (Wildman–Crippen LogP) is 7.53. The van der Waals surface area contributed by atoms with Crippen molar-refractivity contribution in [2.75, 3.05) is 31.2 Å². The SMILES string of the molecule is Cc1c(-c2cc(N3C(=O)[C@@H]4C[C@@H]5C(=CC[C@@H]6C(=O)N(C7CCN(Cc8ccccc8)CC7)C(=O)[C@@H]65)[C@H](c5ccc(OCCO)cc5)[C@]4(C)C3=O)n(C)n2)sc2ccc(Cl)cc12. The molecule has 10 rings (SSSR count). The van der Waals surface area contributed by atoms with Crippen molar-refractivity contribution in [2.24, 2.45) is 36.1 Å².